The van der Waals surface area contributed by atoms with E-state index in [0.29, 0.717) is 0 Å². The zero-order valence-corrected chi connectivity index (χ0v) is 10.5. The van der Waals surface area contributed by atoms with Gasteiger partial charge in [-0.25, -0.2) is 0 Å². The minimum Gasteiger partial charge on any atom is -0.271 e. The van der Waals surface area contributed by atoms with Crippen LogP contribution in [-0.4, -0.2) is 9.78 Å². The first-order valence-corrected chi connectivity index (χ1v) is 6.22. The molecule has 1 aliphatic carbocycles. The first-order chi connectivity index (χ1) is 7.26. The summed E-state index contributed by atoms with van der Waals surface area (Å²) in [6, 6.07) is 0.217. The van der Waals surface area contributed by atoms with Crippen LogP contribution in [0.2, 0.25) is 0 Å². The van der Waals surface area contributed by atoms with Crippen LogP contribution < -0.4 is 11.3 Å². The van der Waals surface area contributed by atoms with Gasteiger partial charge in [-0.05, 0) is 35.2 Å². The Hall–Kier alpha value is -0.390. The maximum absolute atomic E-state index is 5.62. The van der Waals surface area contributed by atoms with Gasteiger partial charge in [0, 0.05) is 6.54 Å². The van der Waals surface area contributed by atoms with Gasteiger partial charge in [-0.1, -0.05) is 12.8 Å². The van der Waals surface area contributed by atoms with E-state index in [0.717, 1.165) is 23.4 Å². The van der Waals surface area contributed by atoms with Gasteiger partial charge in [-0.15, -0.1) is 0 Å². The van der Waals surface area contributed by atoms with Crippen molar-refractivity contribution in [2.45, 2.75) is 38.8 Å². The predicted molar refractivity (Wildman–Crippen MR) is 63.0 cm³/mol. The van der Waals surface area contributed by atoms with E-state index in [1.54, 1.807) is 0 Å². The minimum atomic E-state index is 0.217. The second-order valence-electron chi connectivity index (χ2n) is 4.09. The lowest BCUT2D eigenvalue weighted by Crippen LogP contribution is -2.30. The molecular weight excluding hydrogens is 256 g/mol. The Labute approximate surface area is 98.3 Å². The molecule has 1 heterocycles. The summed E-state index contributed by atoms with van der Waals surface area (Å²) in [5, 5.41) is 4.30. The number of halogens is 1. The van der Waals surface area contributed by atoms with Gasteiger partial charge in [0.15, 0.2) is 0 Å². The van der Waals surface area contributed by atoms with Crippen LogP contribution in [0.25, 0.3) is 0 Å². The van der Waals surface area contributed by atoms with Crippen LogP contribution in [0.3, 0.4) is 0 Å². The Kier molecular flexibility index (Phi) is 3.43. The standard InChI is InChI=1S/C10H17BrN4/c1-2-15-10(8(11)6-13-15)9(14-12)5-7-3-4-7/h6-7,9,14H,2-5,12H2,1H3. The lowest BCUT2D eigenvalue weighted by molar-refractivity contribution is 0.445. The number of aromatic nitrogens is 2. The number of nitrogens with two attached hydrogens (primary N) is 1. The maximum Gasteiger partial charge on any atom is 0.0709 e. The van der Waals surface area contributed by atoms with Crippen LogP contribution >= 0.6 is 15.9 Å². The molecule has 1 aromatic rings. The Bertz CT molecular complexity index is 332. The second kappa shape index (κ2) is 4.63. The largest absolute Gasteiger partial charge is 0.271 e. The van der Waals surface area contributed by atoms with Crippen LogP contribution in [0.5, 0.6) is 0 Å². The lowest BCUT2D eigenvalue weighted by atomic mass is 10.1. The second-order valence-corrected chi connectivity index (χ2v) is 4.95. The molecule has 1 saturated carbocycles. The highest BCUT2D eigenvalue weighted by Gasteiger charge is 2.28. The summed E-state index contributed by atoms with van der Waals surface area (Å²) in [6.07, 6.45) is 5.64. The van der Waals surface area contributed by atoms with E-state index in [9.17, 15) is 0 Å². The molecule has 1 atom stereocenters. The Morgan fingerprint density at radius 3 is 3.00 bits per heavy atom. The molecule has 0 aromatic carbocycles. The lowest BCUT2D eigenvalue weighted by Gasteiger charge is -2.17. The molecule has 1 aliphatic rings. The quantitative estimate of drug-likeness (QED) is 0.637. The van der Waals surface area contributed by atoms with Crippen LogP contribution in [0, 0.1) is 5.92 Å². The highest BCUT2D eigenvalue weighted by atomic mass is 79.9. The average molecular weight is 273 g/mol. The molecule has 0 spiro atoms. The fourth-order valence-electron chi connectivity index (χ4n) is 1.92. The zero-order chi connectivity index (χ0) is 10.8. The van der Waals surface area contributed by atoms with Gasteiger partial charge in [-0.2, -0.15) is 5.10 Å². The van der Waals surface area contributed by atoms with Crippen LogP contribution in [-0.2, 0) is 6.54 Å². The van der Waals surface area contributed by atoms with E-state index < -0.39 is 0 Å². The number of aryl methyl sites for hydroxylation is 1. The van der Waals surface area contributed by atoms with Crippen LogP contribution in [0.15, 0.2) is 10.7 Å². The van der Waals surface area contributed by atoms with E-state index in [2.05, 4.69) is 33.4 Å². The van der Waals surface area contributed by atoms with E-state index in [1.165, 1.54) is 18.5 Å². The van der Waals surface area contributed by atoms with E-state index in [-0.39, 0.29) is 6.04 Å². The van der Waals surface area contributed by atoms with Gasteiger partial charge >= 0.3 is 0 Å². The van der Waals surface area contributed by atoms with Gasteiger partial charge in [-0.3, -0.25) is 16.0 Å². The SMILES string of the molecule is CCn1ncc(Br)c1C(CC1CC1)NN. The third kappa shape index (κ3) is 2.41. The molecule has 0 aliphatic heterocycles. The average Bonchev–Trinajstić information content (AvgIpc) is 2.98. The highest BCUT2D eigenvalue weighted by molar-refractivity contribution is 9.10. The van der Waals surface area contributed by atoms with Gasteiger partial charge < -0.3 is 0 Å². The first-order valence-electron chi connectivity index (χ1n) is 5.43. The molecule has 1 aromatic heterocycles. The minimum absolute atomic E-state index is 0.217. The summed E-state index contributed by atoms with van der Waals surface area (Å²) in [5.41, 5.74) is 4.07. The molecule has 5 heteroatoms. The zero-order valence-electron chi connectivity index (χ0n) is 8.91. The van der Waals surface area contributed by atoms with Crippen molar-refractivity contribution in [2.75, 3.05) is 0 Å². The summed E-state index contributed by atoms with van der Waals surface area (Å²) in [4.78, 5) is 0. The molecule has 84 valence electrons. The molecule has 3 N–H and O–H groups in total. The number of nitrogens with zero attached hydrogens (tertiary/aromatic N) is 2. The third-order valence-electron chi connectivity index (χ3n) is 2.93. The third-order valence-corrected chi connectivity index (χ3v) is 3.54. The number of hydrazine groups is 1. The van der Waals surface area contributed by atoms with E-state index >= 15 is 0 Å². The Balaban J connectivity index is 2.18. The molecule has 0 amide bonds. The number of hydrogen-bond donors (Lipinski definition) is 2. The number of hydrogen-bond acceptors (Lipinski definition) is 3. The van der Waals surface area contributed by atoms with Gasteiger partial charge in [0.05, 0.1) is 22.4 Å². The van der Waals surface area contributed by atoms with Crippen molar-refractivity contribution >= 4 is 15.9 Å². The van der Waals surface area contributed by atoms with Crippen LogP contribution in [0.4, 0.5) is 0 Å². The topological polar surface area (TPSA) is 55.9 Å². The van der Waals surface area contributed by atoms with Crippen molar-refractivity contribution < 1.29 is 0 Å². The van der Waals surface area contributed by atoms with Crippen molar-refractivity contribution in [3.63, 3.8) is 0 Å². The summed E-state index contributed by atoms with van der Waals surface area (Å²) >= 11 is 3.53. The van der Waals surface area contributed by atoms with Gasteiger partial charge in [0.25, 0.3) is 0 Å². The van der Waals surface area contributed by atoms with Crippen molar-refractivity contribution in [3.8, 4) is 0 Å². The van der Waals surface area contributed by atoms with Crippen molar-refractivity contribution in [3.05, 3.63) is 16.4 Å². The smallest absolute Gasteiger partial charge is 0.0709 e. The van der Waals surface area contributed by atoms with Crippen LogP contribution in [0.1, 0.15) is 37.9 Å². The molecular formula is C10H17BrN4. The predicted octanol–water partition coefficient (Wildman–Crippen LogP) is 1.97. The Morgan fingerprint density at radius 1 is 1.73 bits per heavy atom. The molecule has 0 radical (unpaired) electrons. The highest BCUT2D eigenvalue weighted by Crippen LogP contribution is 2.38. The molecule has 15 heavy (non-hydrogen) atoms. The summed E-state index contributed by atoms with van der Waals surface area (Å²) < 4.78 is 3.05. The van der Waals surface area contributed by atoms with E-state index in [4.69, 9.17) is 5.84 Å². The molecule has 0 bridgehead atoms. The van der Waals surface area contributed by atoms with E-state index in [1.807, 2.05) is 10.9 Å². The Morgan fingerprint density at radius 2 is 2.47 bits per heavy atom. The summed E-state index contributed by atoms with van der Waals surface area (Å²) in [6.45, 7) is 2.97. The van der Waals surface area contributed by atoms with Crippen molar-refractivity contribution in [2.24, 2.45) is 11.8 Å². The van der Waals surface area contributed by atoms with Gasteiger partial charge in [0.2, 0.25) is 0 Å². The summed E-state index contributed by atoms with van der Waals surface area (Å²) in [5.74, 6) is 6.47. The maximum atomic E-state index is 5.62. The number of rotatable bonds is 5. The molecule has 2 rings (SSSR count). The number of nitrogens with one attached hydrogen (secondary N) is 1. The monoisotopic (exact) mass is 272 g/mol. The van der Waals surface area contributed by atoms with Crippen molar-refractivity contribution in [1.82, 2.24) is 15.2 Å². The molecule has 1 fully saturated rings. The molecule has 1 unspecified atom stereocenters. The normalized spacial score (nSPS) is 18.1. The molecule has 4 nitrogen and oxygen atoms in total. The first kappa shape index (κ1) is 11.1. The summed E-state index contributed by atoms with van der Waals surface area (Å²) in [7, 11) is 0. The fraction of sp³-hybridized carbons (Fsp3) is 0.700. The molecule has 0 saturated heterocycles. The fourth-order valence-corrected chi connectivity index (χ4v) is 2.49. The van der Waals surface area contributed by atoms with Gasteiger partial charge in [0.1, 0.15) is 0 Å². The van der Waals surface area contributed by atoms with Crippen molar-refractivity contribution in [1.29, 1.82) is 0 Å².